The van der Waals surface area contributed by atoms with Gasteiger partial charge in [0.25, 0.3) is 10.1 Å². The van der Waals surface area contributed by atoms with Gasteiger partial charge in [0.15, 0.2) is 0 Å². The lowest BCUT2D eigenvalue weighted by atomic mass is 9.76. The first-order valence-corrected chi connectivity index (χ1v) is 6.87. The van der Waals surface area contributed by atoms with E-state index in [-0.39, 0.29) is 5.92 Å². The second kappa shape index (κ2) is 3.57. The van der Waals surface area contributed by atoms with Gasteiger partial charge in [-0.05, 0) is 36.8 Å². The molecule has 0 bridgehead atoms. The van der Waals surface area contributed by atoms with Crippen molar-refractivity contribution in [3.63, 3.8) is 0 Å². The van der Waals surface area contributed by atoms with E-state index in [1.54, 1.807) is 13.0 Å². The SMILES string of the molecule is CC1CCc2ccccc2C1(C)S(=O)(=O)O. The number of hydrogen-bond acceptors (Lipinski definition) is 2. The summed E-state index contributed by atoms with van der Waals surface area (Å²) in [6, 6.07) is 7.46. The maximum absolute atomic E-state index is 11.6. The summed E-state index contributed by atoms with van der Waals surface area (Å²) in [5.74, 6) is -0.0719. The fourth-order valence-corrected chi connectivity index (χ4v) is 3.63. The Morgan fingerprint density at radius 3 is 2.62 bits per heavy atom. The van der Waals surface area contributed by atoms with Crippen molar-refractivity contribution < 1.29 is 13.0 Å². The lowest BCUT2D eigenvalue weighted by Crippen LogP contribution is -2.42. The summed E-state index contributed by atoms with van der Waals surface area (Å²) in [6.07, 6.45) is 1.66. The van der Waals surface area contributed by atoms with E-state index in [9.17, 15) is 13.0 Å². The molecule has 0 spiro atoms. The largest absolute Gasteiger partial charge is 0.285 e. The molecule has 0 saturated carbocycles. The van der Waals surface area contributed by atoms with Crippen molar-refractivity contribution in [3.8, 4) is 0 Å². The zero-order chi connectivity index (χ0) is 12.0. The molecule has 0 aliphatic heterocycles. The Balaban J connectivity index is 2.71. The van der Waals surface area contributed by atoms with Crippen LogP contribution < -0.4 is 0 Å². The molecule has 0 fully saturated rings. The van der Waals surface area contributed by atoms with Crippen molar-refractivity contribution in [2.24, 2.45) is 5.92 Å². The minimum atomic E-state index is -4.09. The van der Waals surface area contributed by atoms with Crippen molar-refractivity contribution in [3.05, 3.63) is 35.4 Å². The van der Waals surface area contributed by atoms with Gasteiger partial charge in [-0.25, -0.2) is 0 Å². The lowest BCUT2D eigenvalue weighted by Gasteiger charge is -2.38. The summed E-state index contributed by atoms with van der Waals surface area (Å²) in [6.45, 7) is 3.49. The molecule has 0 saturated heterocycles. The Labute approximate surface area is 96.2 Å². The zero-order valence-electron chi connectivity index (χ0n) is 9.47. The van der Waals surface area contributed by atoms with Crippen LogP contribution in [0.5, 0.6) is 0 Å². The molecular weight excluding hydrogens is 224 g/mol. The van der Waals surface area contributed by atoms with Gasteiger partial charge in [-0.3, -0.25) is 4.55 Å². The summed E-state index contributed by atoms with van der Waals surface area (Å²) in [5, 5.41) is 0. The molecule has 88 valence electrons. The highest BCUT2D eigenvalue weighted by Crippen LogP contribution is 2.44. The Hall–Kier alpha value is -0.870. The first-order valence-electron chi connectivity index (χ1n) is 5.43. The summed E-state index contributed by atoms with van der Waals surface area (Å²) < 4.78 is 31.6. The van der Waals surface area contributed by atoms with Gasteiger partial charge in [0.1, 0.15) is 4.75 Å². The highest BCUT2D eigenvalue weighted by atomic mass is 32.2. The number of rotatable bonds is 1. The molecule has 3 nitrogen and oxygen atoms in total. The van der Waals surface area contributed by atoms with Gasteiger partial charge in [0, 0.05) is 0 Å². The third-order valence-corrected chi connectivity index (χ3v) is 5.57. The van der Waals surface area contributed by atoms with Crippen LogP contribution in [0, 0.1) is 5.92 Å². The van der Waals surface area contributed by atoms with E-state index in [0.29, 0.717) is 0 Å². The van der Waals surface area contributed by atoms with E-state index in [1.165, 1.54) is 0 Å². The molecule has 1 aromatic rings. The van der Waals surface area contributed by atoms with Gasteiger partial charge >= 0.3 is 0 Å². The smallest absolute Gasteiger partial charge is 0.274 e. The van der Waals surface area contributed by atoms with Gasteiger partial charge in [0.05, 0.1) is 0 Å². The molecule has 1 N–H and O–H groups in total. The van der Waals surface area contributed by atoms with E-state index in [2.05, 4.69) is 0 Å². The van der Waals surface area contributed by atoms with Crippen LogP contribution in [0.4, 0.5) is 0 Å². The average Bonchev–Trinajstić information content (AvgIpc) is 2.22. The van der Waals surface area contributed by atoms with Crippen LogP contribution >= 0.6 is 0 Å². The van der Waals surface area contributed by atoms with E-state index >= 15 is 0 Å². The highest BCUT2D eigenvalue weighted by Gasteiger charge is 2.47. The van der Waals surface area contributed by atoms with Gasteiger partial charge in [0.2, 0.25) is 0 Å². The predicted molar refractivity (Wildman–Crippen MR) is 62.8 cm³/mol. The topological polar surface area (TPSA) is 54.4 Å². The summed E-state index contributed by atoms with van der Waals surface area (Å²) in [5.41, 5.74) is 1.77. The summed E-state index contributed by atoms with van der Waals surface area (Å²) >= 11 is 0. The first-order chi connectivity index (χ1) is 7.37. The van der Waals surface area contributed by atoms with E-state index in [0.717, 1.165) is 24.0 Å². The Kier molecular flexibility index (Phi) is 2.59. The summed E-state index contributed by atoms with van der Waals surface area (Å²) in [4.78, 5) is 0. The molecule has 0 heterocycles. The van der Waals surface area contributed by atoms with Gasteiger partial charge < -0.3 is 0 Å². The van der Waals surface area contributed by atoms with Crippen molar-refractivity contribution in [2.45, 2.75) is 31.4 Å². The molecule has 1 aliphatic rings. The van der Waals surface area contributed by atoms with Crippen molar-refractivity contribution >= 4 is 10.1 Å². The van der Waals surface area contributed by atoms with Crippen LogP contribution in [0.15, 0.2) is 24.3 Å². The number of hydrogen-bond donors (Lipinski definition) is 1. The van der Waals surface area contributed by atoms with E-state index in [1.807, 2.05) is 25.1 Å². The maximum atomic E-state index is 11.6. The second-order valence-corrected chi connectivity index (χ2v) is 6.48. The van der Waals surface area contributed by atoms with Gasteiger partial charge in [-0.2, -0.15) is 8.42 Å². The monoisotopic (exact) mass is 240 g/mol. The van der Waals surface area contributed by atoms with Crippen LogP contribution in [-0.4, -0.2) is 13.0 Å². The number of fused-ring (bicyclic) bond motifs is 1. The molecule has 0 radical (unpaired) electrons. The molecule has 4 heteroatoms. The van der Waals surface area contributed by atoms with Gasteiger partial charge in [-0.1, -0.05) is 31.2 Å². The molecule has 1 aliphatic carbocycles. The molecular formula is C12H16O3S. The quantitative estimate of drug-likeness (QED) is 0.767. The standard InChI is InChI=1S/C12H16O3S/c1-9-7-8-10-5-3-4-6-11(10)12(9,2)16(13,14)15/h3-6,9H,7-8H2,1-2H3,(H,13,14,15). The van der Waals surface area contributed by atoms with Gasteiger partial charge in [-0.15, -0.1) is 0 Å². The second-order valence-electron chi connectivity index (χ2n) is 4.68. The number of aryl methyl sites for hydroxylation is 1. The van der Waals surface area contributed by atoms with E-state index in [4.69, 9.17) is 0 Å². The molecule has 2 atom stereocenters. The fourth-order valence-electron chi connectivity index (χ4n) is 2.53. The summed E-state index contributed by atoms with van der Waals surface area (Å²) in [7, 11) is -4.09. The molecule has 2 unspecified atom stereocenters. The van der Waals surface area contributed by atoms with Crippen LogP contribution in [0.3, 0.4) is 0 Å². The van der Waals surface area contributed by atoms with Crippen molar-refractivity contribution in [1.82, 2.24) is 0 Å². The normalized spacial score (nSPS) is 29.8. The average molecular weight is 240 g/mol. The van der Waals surface area contributed by atoms with Crippen LogP contribution in [-0.2, 0) is 21.3 Å². The number of benzene rings is 1. The predicted octanol–water partition coefficient (Wildman–Crippen LogP) is 2.37. The molecule has 0 aromatic heterocycles. The van der Waals surface area contributed by atoms with Crippen LogP contribution in [0.2, 0.25) is 0 Å². The van der Waals surface area contributed by atoms with Crippen LogP contribution in [0.1, 0.15) is 31.4 Å². The maximum Gasteiger partial charge on any atom is 0.274 e. The molecule has 2 rings (SSSR count). The van der Waals surface area contributed by atoms with Crippen molar-refractivity contribution in [1.29, 1.82) is 0 Å². The lowest BCUT2D eigenvalue weighted by molar-refractivity contribution is 0.332. The van der Waals surface area contributed by atoms with E-state index < -0.39 is 14.9 Å². The Morgan fingerprint density at radius 1 is 1.38 bits per heavy atom. The molecule has 16 heavy (non-hydrogen) atoms. The van der Waals surface area contributed by atoms with Crippen molar-refractivity contribution in [2.75, 3.05) is 0 Å². The third-order valence-electron chi connectivity index (χ3n) is 3.88. The van der Waals surface area contributed by atoms with Crippen LogP contribution in [0.25, 0.3) is 0 Å². The fraction of sp³-hybridized carbons (Fsp3) is 0.500. The Morgan fingerprint density at radius 2 is 2.00 bits per heavy atom. The molecule has 0 amide bonds. The highest BCUT2D eigenvalue weighted by molar-refractivity contribution is 7.86. The zero-order valence-corrected chi connectivity index (χ0v) is 10.3. The Bertz CT molecular complexity index is 507. The minimum Gasteiger partial charge on any atom is -0.285 e. The third kappa shape index (κ3) is 1.48. The molecule has 1 aromatic carbocycles. The first kappa shape index (κ1) is 11.6. The minimum absolute atomic E-state index is 0.0719.